The molecule has 0 saturated heterocycles. The molecule has 1 rings (SSSR count). The minimum atomic E-state index is 0.235. The molecule has 0 heterocycles. The fourth-order valence-electron chi connectivity index (χ4n) is 1.54. The van der Waals surface area contributed by atoms with Gasteiger partial charge in [-0.25, -0.2) is 0 Å². The Kier molecular flexibility index (Phi) is 4.15. The molecule has 84 valence electrons. The molecule has 1 atom stereocenters. The molecule has 2 heteroatoms. The monoisotopic (exact) mass is 206 g/mol. The van der Waals surface area contributed by atoms with Gasteiger partial charge in [0.05, 0.1) is 0 Å². The van der Waals surface area contributed by atoms with E-state index in [-0.39, 0.29) is 6.04 Å². The van der Waals surface area contributed by atoms with Crippen LogP contribution in [0.5, 0.6) is 0 Å². The van der Waals surface area contributed by atoms with Crippen molar-refractivity contribution < 1.29 is 0 Å². The van der Waals surface area contributed by atoms with E-state index in [1.165, 1.54) is 11.3 Å². The van der Waals surface area contributed by atoms with Gasteiger partial charge in [-0.3, -0.25) is 0 Å². The zero-order valence-electron chi connectivity index (χ0n) is 10.2. The summed E-state index contributed by atoms with van der Waals surface area (Å²) in [6.07, 6.45) is 0.950. The zero-order valence-corrected chi connectivity index (χ0v) is 10.2. The Bertz CT molecular complexity index is 288. The highest BCUT2D eigenvalue weighted by Gasteiger charge is 2.04. The molecular weight excluding hydrogens is 184 g/mol. The first-order valence-corrected chi connectivity index (χ1v) is 5.58. The third kappa shape index (κ3) is 3.56. The molecule has 0 aliphatic rings. The van der Waals surface area contributed by atoms with E-state index in [1.807, 2.05) is 6.92 Å². The fourth-order valence-corrected chi connectivity index (χ4v) is 1.54. The molecule has 0 spiro atoms. The summed E-state index contributed by atoms with van der Waals surface area (Å²) in [4.78, 5) is 2.26. The van der Waals surface area contributed by atoms with E-state index in [0.717, 1.165) is 6.42 Å². The Morgan fingerprint density at radius 3 is 2.07 bits per heavy atom. The Balaban J connectivity index is 2.72. The van der Waals surface area contributed by atoms with Gasteiger partial charge in [-0.15, -0.1) is 0 Å². The van der Waals surface area contributed by atoms with Gasteiger partial charge in [-0.05, 0) is 44.9 Å². The maximum absolute atomic E-state index is 5.76. The molecule has 1 unspecified atom stereocenters. The van der Waals surface area contributed by atoms with Gasteiger partial charge in [0.2, 0.25) is 0 Å². The molecule has 0 aliphatic carbocycles. The maximum Gasteiger partial charge on any atom is 0.0366 e. The van der Waals surface area contributed by atoms with Gasteiger partial charge in [-0.1, -0.05) is 12.1 Å². The lowest BCUT2D eigenvalue weighted by atomic mass is 10.1. The van der Waals surface area contributed by atoms with Crippen molar-refractivity contribution in [3.8, 4) is 0 Å². The highest BCUT2D eigenvalue weighted by atomic mass is 15.1. The SMILES string of the molecule is CC(N)Cc1ccc(N(C)C(C)C)cc1. The average Bonchev–Trinajstić information content (AvgIpc) is 2.17. The van der Waals surface area contributed by atoms with Gasteiger partial charge >= 0.3 is 0 Å². The van der Waals surface area contributed by atoms with E-state index < -0.39 is 0 Å². The van der Waals surface area contributed by atoms with Crippen LogP contribution in [0.4, 0.5) is 5.69 Å². The first-order valence-electron chi connectivity index (χ1n) is 5.58. The first-order chi connectivity index (χ1) is 7.00. The van der Waals surface area contributed by atoms with Gasteiger partial charge in [0, 0.05) is 24.8 Å². The van der Waals surface area contributed by atoms with Crippen molar-refractivity contribution in [2.24, 2.45) is 5.73 Å². The van der Waals surface area contributed by atoms with Crippen LogP contribution in [-0.2, 0) is 6.42 Å². The predicted octanol–water partition coefficient (Wildman–Crippen LogP) is 2.42. The van der Waals surface area contributed by atoms with Crippen LogP contribution in [-0.4, -0.2) is 19.1 Å². The van der Waals surface area contributed by atoms with E-state index >= 15 is 0 Å². The van der Waals surface area contributed by atoms with Crippen molar-refractivity contribution in [1.29, 1.82) is 0 Å². The van der Waals surface area contributed by atoms with Crippen LogP contribution >= 0.6 is 0 Å². The minimum Gasteiger partial charge on any atom is -0.372 e. The second kappa shape index (κ2) is 5.17. The van der Waals surface area contributed by atoms with Crippen LogP contribution in [0, 0.1) is 0 Å². The van der Waals surface area contributed by atoms with Crippen molar-refractivity contribution >= 4 is 5.69 Å². The van der Waals surface area contributed by atoms with E-state index in [2.05, 4.69) is 50.1 Å². The third-order valence-electron chi connectivity index (χ3n) is 2.68. The van der Waals surface area contributed by atoms with Crippen LogP contribution in [0.1, 0.15) is 26.3 Å². The average molecular weight is 206 g/mol. The fraction of sp³-hybridized carbons (Fsp3) is 0.538. The summed E-state index contributed by atoms with van der Waals surface area (Å²) in [7, 11) is 2.12. The van der Waals surface area contributed by atoms with Crippen molar-refractivity contribution in [3.63, 3.8) is 0 Å². The quantitative estimate of drug-likeness (QED) is 0.819. The molecule has 0 aliphatic heterocycles. The Labute approximate surface area is 93.1 Å². The largest absolute Gasteiger partial charge is 0.372 e. The van der Waals surface area contributed by atoms with Crippen molar-refractivity contribution in [2.75, 3.05) is 11.9 Å². The molecular formula is C13H22N2. The second-order valence-corrected chi connectivity index (χ2v) is 4.55. The lowest BCUT2D eigenvalue weighted by Gasteiger charge is -2.24. The highest BCUT2D eigenvalue weighted by molar-refractivity contribution is 5.47. The van der Waals surface area contributed by atoms with Gasteiger partial charge in [0.25, 0.3) is 0 Å². The summed E-state index contributed by atoms with van der Waals surface area (Å²) < 4.78 is 0. The molecule has 2 nitrogen and oxygen atoms in total. The lowest BCUT2D eigenvalue weighted by molar-refractivity contribution is 0.735. The Hall–Kier alpha value is -1.02. The van der Waals surface area contributed by atoms with Gasteiger partial charge < -0.3 is 10.6 Å². The summed E-state index contributed by atoms with van der Waals surface area (Å²) in [5.74, 6) is 0. The van der Waals surface area contributed by atoms with Gasteiger partial charge in [0.15, 0.2) is 0 Å². The lowest BCUT2D eigenvalue weighted by Crippen LogP contribution is -2.25. The second-order valence-electron chi connectivity index (χ2n) is 4.55. The molecule has 1 aromatic carbocycles. The number of hydrogen-bond donors (Lipinski definition) is 1. The van der Waals surface area contributed by atoms with E-state index in [0.29, 0.717) is 6.04 Å². The summed E-state index contributed by atoms with van der Waals surface area (Å²) in [5, 5.41) is 0. The maximum atomic E-state index is 5.76. The Morgan fingerprint density at radius 1 is 1.13 bits per heavy atom. The molecule has 0 amide bonds. The number of anilines is 1. The van der Waals surface area contributed by atoms with Crippen LogP contribution in [0.2, 0.25) is 0 Å². The molecule has 0 aromatic heterocycles. The van der Waals surface area contributed by atoms with E-state index in [1.54, 1.807) is 0 Å². The summed E-state index contributed by atoms with van der Waals surface area (Å²) in [5.41, 5.74) is 8.33. The van der Waals surface area contributed by atoms with E-state index in [4.69, 9.17) is 5.73 Å². The first kappa shape index (κ1) is 12.1. The standard InChI is InChI=1S/C13H22N2/c1-10(2)15(4)13-7-5-12(6-8-13)9-11(3)14/h5-8,10-11H,9,14H2,1-4H3. The van der Waals surface area contributed by atoms with Gasteiger partial charge in [0.1, 0.15) is 0 Å². The van der Waals surface area contributed by atoms with Crippen molar-refractivity contribution in [2.45, 2.75) is 39.3 Å². The smallest absolute Gasteiger partial charge is 0.0366 e. The number of benzene rings is 1. The third-order valence-corrected chi connectivity index (χ3v) is 2.68. The van der Waals surface area contributed by atoms with Gasteiger partial charge in [-0.2, -0.15) is 0 Å². The van der Waals surface area contributed by atoms with Crippen molar-refractivity contribution in [1.82, 2.24) is 0 Å². The molecule has 15 heavy (non-hydrogen) atoms. The molecule has 0 radical (unpaired) electrons. The van der Waals surface area contributed by atoms with Crippen LogP contribution in [0.25, 0.3) is 0 Å². The molecule has 0 bridgehead atoms. The molecule has 1 aromatic rings. The number of hydrogen-bond acceptors (Lipinski definition) is 2. The summed E-state index contributed by atoms with van der Waals surface area (Å²) in [6.45, 7) is 6.42. The van der Waals surface area contributed by atoms with Crippen molar-refractivity contribution in [3.05, 3.63) is 29.8 Å². The molecule has 0 saturated carbocycles. The highest BCUT2D eigenvalue weighted by Crippen LogP contribution is 2.16. The minimum absolute atomic E-state index is 0.235. The number of nitrogens with two attached hydrogens (primary N) is 1. The summed E-state index contributed by atoms with van der Waals surface area (Å²) in [6, 6.07) is 9.42. The number of rotatable bonds is 4. The topological polar surface area (TPSA) is 29.3 Å². The van der Waals surface area contributed by atoms with Crippen LogP contribution in [0.15, 0.2) is 24.3 Å². The molecule has 0 fully saturated rings. The summed E-state index contributed by atoms with van der Waals surface area (Å²) >= 11 is 0. The van der Waals surface area contributed by atoms with E-state index in [9.17, 15) is 0 Å². The normalized spacial score (nSPS) is 12.9. The predicted molar refractivity (Wildman–Crippen MR) is 67.3 cm³/mol. The number of nitrogens with zero attached hydrogens (tertiary/aromatic N) is 1. The Morgan fingerprint density at radius 2 is 1.67 bits per heavy atom. The molecule has 2 N–H and O–H groups in total. The van der Waals surface area contributed by atoms with Crippen LogP contribution in [0.3, 0.4) is 0 Å². The zero-order chi connectivity index (χ0) is 11.4. The van der Waals surface area contributed by atoms with Crippen LogP contribution < -0.4 is 10.6 Å².